The largest absolute Gasteiger partial charge is 0.496 e. The van der Waals surface area contributed by atoms with Crippen LogP contribution in [0.3, 0.4) is 0 Å². The van der Waals surface area contributed by atoms with E-state index in [1.165, 1.54) is 16.0 Å². The quantitative estimate of drug-likeness (QED) is 0.861. The molecule has 0 aliphatic carbocycles. The van der Waals surface area contributed by atoms with Gasteiger partial charge in [0.15, 0.2) is 0 Å². The van der Waals surface area contributed by atoms with Crippen molar-refractivity contribution >= 4 is 11.3 Å². The van der Waals surface area contributed by atoms with Crippen molar-refractivity contribution in [3.63, 3.8) is 0 Å². The molecule has 1 N–H and O–H groups in total. The normalized spacial score (nSPS) is 12.4. The van der Waals surface area contributed by atoms with Gasteiger partial charge in [-0.2, -0.15) is 0 Å². The molecule has 0 aliphatic heterocycles. The second kappa shape index (κ2) is 6.73. The van der Waals surface area contributed by atoms with Crippen LogP contribution in [0.4, 0.5) is 0 Å². The van der Waals surface area contributed by atoms with E-state index in [-0.39, 0.29) is 0 Å². The van der Waals surface area contributed by atoms with E-state index in [1.807, 2.05) is 18.4 Å². The van der Waals surface area contributed by atoms with Crippen molar-refractivity contribution in [1.82, 2.24) is 5.32 Å². The molecule has 1 unspecified atom stereocenters. The molecule has 0 amide bonds. The number of methoxy groups -OCH3 is 1. The summed E-state index contributed by atoms with van der Waals surface area (Å²) in [4.78, 5) is 1.44. The summed E-state index contributed by atoms with van der Waals surface area (Å²) < 4.78 is 5.40. The summed E-state index contributed by atoms with van der Waals surface area (Å²) in [7, 11) is 3.75. The number of hydrogen-bond acceptors (Lipinski definition) is 3. The first-order valence-electron chi connectivity index (χ1n) is 6.58. The minimum Gasteiger partial charge on any atom is -0.496 e. The van der Waals surface area contributed by atoms with Gasteiger partial charge in [-0.05, 0) is 55.5 Å². The Morgan fingerprint density at radius 2 is 2.16 bits per heavy atom. The molecule has 1 heterocycles. The number of hydrogen-bond donors (Lipinski definition) is 1. The third kappa shape index (κ3) is 3.58. The lowest BCUT2D eigenvalue weighted by molar-refractivity contribution is 0.410. The average molecular weight is 275 g/mol. The maximum atomic E-state index is 5.40. The number of benzene rings is 1. The molecule has 0 radical (unpaired) electrons. The highest BCUT2D eigenvalue weighted by atomic mass is 32.1. The van der Waals surface area contributed by atoms with Gasteiger partial charge in [0, 0.05) is 10.9 Å². The molecule has 0 saturated heterocycles. The second-order valence-corrected chi connectivity index (χ2v) is 5.72. The fraction of sp³-hybridized carbons (Fsp3) is 0.375. The van der Waals surface area contributed by atoms with Crippen LogP contribution in [-0.4, -0.2) is 14.2 Å². The predicted molar refractivity (Wildman–Crippen MR) is 82.2 cm³/mol. The Kier molecular flexibility index (Phi) is 5.00. The second-order valence-electron chi connectivity index (χ2n) is 4.69. The Morgan fingerprint density at radius 1 is 1.32 bits per heavy atom. The Balaban J connectivity index is 2.08. The summed E-state index contributed by atoms with van der Waals surface area (Å²) in [5.74, 6) is 0.967. The summed E-state index contributed by atoms with van der Waals surface area (Å²) in [5.41, 5.74) is 2.47. The van der Waals surface area contributed by atoms with Crippen LogP contribution in [0.1, 0.15) is 28.5 Å². The molecule has 2 aromatic rings. The van der Waals surface area contributed by atoms with Crippen molar-refractivity contribution < 1.29 is 4.74 Å². The van der Waals surface area contributed by atoms with Crippen LogP contribution in [0.2, 0.25) is 0 Å². The van der Waals surface area contributed by atoms with E-state index in [0.717, 1.165) is 18.6 Å². The smallest absolute Gasteiger partial charge is 0.122 e. The average Bonchev–Trinajstić information content (AvgIpc) is 2.94. The molecule has 2 rings (SSSR count). The molecular weight excluding hydrogens is 254 g/mol. The van der Waals surface area contributed by atoms with Gasteiger partial charge >= 0.3 is 0 Å². The molecule has 0 spiro atoms. The zero-order chi connectivity index (χ0) is 13.7. The zero-order valence-corrected chi connectivity index (χ0v) is 12.6. The maximum absolute atomic E-state index is 5.40. The minimum atomic E-state index is 0.372. The lowest BCUT2D eigenvalue weighted by Gasteiger charge is -2.18. The molecule has 102 valence electrons. The van der Waals surface area contributed by atoms with Crippen LogP contribution in [0.5, 0.6) is 5.75 Å². The summed E-state index contributed by atoms with van der Waals surface area (Å²) in [5, 5.41) is 5.54. The first kappa shape index (κ1) is 14.1. The first-order valence-corrected chi connectivity index (χ1v) is 7.46. The van der Waals surface area contributed by atoms with E-state index in [9.17, 15) is 0 Å². The van der Waals surface area contributed by atoms with Crippen LogP contribution < -0.4 is 10.1 Å². The van der Waals surface area contributed by atoms with Gasteiger partial charge in [0.25, 0.3) is 0 Å². The van der Waals surface area contributed by atoms with Crippen LogP contribution >= 0.6 is 11.3 Å². The summed E-state index contributed by atoms with van der Waals surface area (Å²) in [6.45, 7) is 2.07. The predicted octanol–water partition coefficient (Wildman–Crippen LogP) is 3.96. The molecule has 3 heteroatoms. The molecule has 0 bridgehead atoms. The number of rotatable bonds is 6. The molecule has 1 aromatic heterocycles. The summed E-state index contributed by atoms with van der Waals surface area (Å²) in [6, 6.07) is 11.1. The summed E-state index contributed by atoms with van der Waals surface area (Å²) >= 11 is 1.83. The maximum Gasteiger partial charge on any atom is 0.122 e. The third-order valence-corrected chi connectivity index (χ3v) is 4.38. The Morgan fingerprint density at radius 3 is 2.79 bits per heavy atom. The molecule has 0 saturated carbocycles. The summed E-state index contributed by atoms with van der Waals surface area (Å²) in [6.07, 6.45) is 2.21. The SMILES string of the molecule is CNC(CCc1cccs1)c1ccc(C)c(OC)c1. The van der Waals surface area contributed by atoms with Gasteiger partial charge in [-0.1, -0.05) is 18.2 Å². The van der Waals surface area contributed by atoms with Crippen LogP contribution in [0, 0.1) is 6.92 Å². The number of nitrogens with one attached hydrogen (secondary N) is 1. The molecular formula is C16H21NOS. The van der Waals surface area contributed by atoms with Crippen molar-refractivity contribution in [3.8, 4) is 5.75 Å². The fourth-order valence-corrected chi connectivity index (χ4v) is 3.00. The monoisotopic (exact) mass is 275 g/mol. The standard InChI is InChI=1S/C16H21NOS/c1-12-6-7-13(11-16(12)18-3)15(17-2)9-8-14-5-4-10-19-14/h4-7,10-11,15,17H,8-9H2,1-3H3. The van der Waals surface area contributed by atoms with Gasteiger partial charge in [-0.25, -0.2) is 0 Å². The van der Waals surface area contributed by atoms with E-state index in [0.29, 0.717) is 6.04 Å². The number of aryl methyl sites for hydroxylation is 2. The van der Waals surface area contributed by atoms with Crippen molar-refractivity contribution in [2.75, 3.05) is 14.2 Å². The van der Waals surface area contributed by atoms with Gasteiger partial charge in [0.05, 0.1) is 7.11 Å². The van der Waals surface area contributed by atoms with Crippen LogP contribution in [0.25, 0.3) is 0 Å². The third-order valence-electron chi connectivity index (χ3n) is 3.44. The van der Waals surface area contributed by atoms with Gasteiger partial charge < -0.3 is 10.1 Å². The van der Waals surface area contributed by atoms with Gasteiger partial charge in [-0.15, -0.1) is 11.3 Å². The molecule has 0 fully saturated rings. The molecule has 0 aliphatic rings. The zero-order valence-electron chi connectivity index (χ0n) is 11.8. The van der Waals surface area contributed by atoms with Gasteiger partial charge in [-0.3, -0.25) is 0 Å². The number of ether oxygens (including phenoxy) is 1. The van der Waals surface area contributed by atoms with E-state index in [2.05, 4.69) is 48.0 Å². The lowest BCUT2D eigenvalue weighted by atomic mass is 10.00. The van der Waals surface area contributed by atoms with Crippen LogP contribution in [-0.2, 0) is 6.42 Å². The molecule has 19 heavy (non-hydrogen) atoms. The van der Waals surface area contributed by atoms with Gasteiger partial charge in [0.1, 0.15) is 5.75 Å². The van der Waals surface area contributed by atoms with E-state index in [1.54, 1.807) is 7.11 Å². The number of thiophene rings is 1. The van der Waals surface area contributed by atoms with Crippen molar-refractivity contribution in [3.05, 3.63) is 51.7 Å². The topological polar surface area (TPSA) is 21.3 Å². The fourth-order valence-electron chi connectivity index (χ4n) is 2.27. The highest BCUT2D eigenvalue weighted by Gasteiger charge is 2.11. The van der Waals surface area contributed by atoms with Crippen molar-refractivity contribution in [2.45, 2.75) is 25.8 Å². The van der Waals surface area contributed by atoms with E-state index in [4.69, 9.17) is 4.74 Å². The van der Waals surface area contributed by atoms with E-state index < -0.39 is 0 Å². The lowest BCUT2D eigenvalue weighted by Crippen LogP contribution is -2.17. The highest BCUT2D eigenvalue weighted by Crippen LogP contribution is 2.26. The Bertz CT molecular complexity index is 507. The Hall–Kier alpha value is -1.32. The Labute approximate surface area is 119 Å². The van der Waals surface area contributed by atoms with Gasteiger partial charge in [0.2, 0.25) is 0 Å². The van der Waals surface area contributed by atoms with E-state index >= 15 is 0 Å². The molecule has 2 nitrogen and oxygen atoms in total. The minimum absolute atomic E-state index is 0.372. The van der Waals surface area contributed by atoms with Crippen molar-refractivity contribution in [2.24, 2.45) is 0 Å². The molecule has 1 aromatic carbocycles. The molecule has 1 atom stereocenters. The first-order chi connectivity index (χ1) is 9.24. The highest BCUT2D eigenvalue weighted by molar-refractivity contribution is 7.09. The van der Waals surface area contributed by atoms with Crippen molar-refractivity contribution in [1.29, 1.82) is 0 Å². The van der Waals surface area contributed by atoms with Crippen LogP contribution in [0.15, 0.2) is 35.7 Å².